The first-order chi connectivity index (χ1) is 41.0. The summed E-state index contributed by atoms with van der Waals surface area (Å²) < 4.78 is 23.4. The lowest BCUT2D eigenvalue weighted by atomic mass is 10.0. The summed E-state index contributed by atoms with van der Waals surface area (Å²) in [5.74, 6) is -0.216. The van der Waals surface area contributed by atoms with Crippen molar-refractivity contribution in [1.29, 1.82) is 0 Å². The van der Waals surface area contributed by atoms with Gasteiger partial charge >= 0.3 is 0 Å². The number of quaternary nitrogens is 1. The topological polar surface area (TPSA) is 108 Å². The molecule has 3 atom stereocenters. The molecule has 0 aliphatic heterocycles. The van der Waals surface area contributed by atoms with Gasteiger partial charge in [-0.05, 0) is 109 Å². The number of likely N-dealkylation sites (N-methyl/N-ethyl adjacent to an activating group) is 1. The summed E-state index contributed by atoms with van der Waals surface area (Å²) in [6.07, 6.45) is 98.1. The van der Waals surface area contributed by atoms with Crippen molar-refractivity contribution in [1.82, 2.24) is 5.32 Å². The highest BCUT2D eigenvalue weighted by atomic mass is 31.2. The van der Waals surface area contributed by atoms with Gasteiger partial charge in [0, 0.05) is 6.42 Å². The fourth-order valence-corrected chi connectivity index (χ4v) is 9.98. The first kappa shape index (κ1) is 80.4. The zero-order valence-corrected chi connectivity index (χ0v) is 55.7. The van der Waals surface area contributed by atoms with Gasteiger partial charge in [0.15, 0.2) is 0 Å². The number of hydrogen-bond donors (Lipinski definition) is 2. The Hall–Kier alpha value is -3.62. The van der Waals surface area contributed by atoms with Crippen LogP contribution in [0.4, 0.5) is 0 Å². The van der Waals surface area contributed by atoms with E-state index in [4.69, 9.17) is 9.05 Å². The van der Waals surface area contributed by atoms with E-state index in [-0.39, 0.29) is 12.5 Å². The number of carbonyl (C=O) groups excluding carboxylic acids is 1. The molecule has 0 aromatic rings. The van der Waals surface area contributed by atoms with E-state index < -0.39 is 26.6 Å². The average molecular weight is 1190 g/mol. The molecule has 480 valence electrons. The number of nitrogens with one attached hydrogen (secondary N) is 1. The molecular weight excluding hydrogens is 1060 g/mol. The number of amides is 1. The number of phosphoric ester groups is 1. The Balaban J connectivity index is 4.15. The molecule has 0 aliphatic rings. The molecular formula is C75H129N2O6P. The maximum atomic E-state index is 13.0. The molecule has 1 amide bonds. The van der Waals surface area contributed by atoms with Gasteiger partial charge in [-0.2, -0.15) is 0 Å². The van der Waals surface area contributed by atoms with Gasteiger partial charge in [-0.25, -0.2) is 0 Å². The van der Waals surface area contributed by atoms with E-state index in [0.29, 0.717) is 17.4 Å². The Morgan fingerprint density at radius 1 is 0.429 bits per heavy atom. The first-order valence-electron chi connectivity index (χ1n) is 34.2. The number of rotatable bonds is 61. The van der Waals surface area contributed by atoms with Crippen molar-refractivity contribution in [3.8, 4) is 0 Å². The SMILES string of the molecule is CC/C=C\C/C=C\C/C=C\C/C=C\C/C=C\C/C=C\C/C=C\C/C=C\C/C=C\C/C=C\CCCCCCCCCCCCC(=O)NC(COP(=O)([O-])OCC[N+](C)(C)C)C(O)/C=C/CC/C=C/CCCCCCCCCCCCCCCCC. The molecule has 3 unspecified atom stereocenters. The molecule has 84 heavy (non-hydrogen) atoms. The second-order valence-corrected chi connectivity index (χ2v) is 25.2. The van der Waals surface area contributed by atoms with Crippen LogP contribution >= 0.6 is 7.82 Å². The van der Waals surface area contributed by atoms with Crippen LogP contribution in [0.15, 0.2) is 146 Å². The number of aliphatic hydroxyl groups is 1. The second kappa shape index (κ2) is 63.9. The van der Waals surface area contributed by atoms with Crippen LogP contribution < -0.4 is 10.2 Å². The third-order valence-electron chi connectivity index (χ3n) is 14.5. The Bertz CT molecular complexity index is 1880. The van der Waals surface area contributed by atoms with Crippen molar-refractivity contribution in [2.45, 2.75) is 283 Å². The number of unbranched alkanes of at least 4 members (excludes halogenated alkanes) is 26. The summed E-state index contributed by atoms with van der Waals surface area (Å²) in [6, 6.07) is -0.916. The number of allylic oxidation sites excluding steroid dienone is 23. The zero-order valence-electron chi connectivity index (χ0n) is 54.8. The van der Waals surface area contributed by atoms with Gasteiger partial charge in [0.25, 0.3) is 7.82 Å². The van der Waals surface area contributed by atoms with Gasteiger partial charge in [0.05, 0.1) is 39.9 Å². The van der Waals surface area contributed by atoms with Crippen LogP contribution in [0.25, 0.3) is 0 Å². The number of phosphoric acid groups is 1. The Labute approximate surface area is 519 Å². The van der Waals surface area contributed by atoms with Gasteiger partial charge in [0.1, 0.15) is 13.2 Å². The van der Waals surface area contributed by atoms with Crippen molar-refractivity contribution in [2.75, 3.05) is 40.9 Å². The van der Waals surface area contributed by atoms with Crippen molar-refractivity contribution in [2.24, 2.45) is 0 Å². The molecule has 0 spiro atoms. The fraction of sp³-hybridized carbons (Fsp3) is 0.667. The molecule has 0 bridgehead atoms. The standard InChI is InChI=1S/C75H129N2O6P/c1-6-8-10-12-14-16-18-20-22-24-26-28-29-30-31-32-33-34-35-36-37-38-39-40-41-42-43-44-45-46-47-49-51-53-55-57-59-61-63-65-67-69-75(79)76-73(72-83-84(80,81)82-71-70-77(3,4)5)74(78)68-66-64-62-60-58-56-54-52-50-48-27-25-23-21-19-17-15-13-11-9-7-2/h8,10,14,16,20,22,26,28,30-31,33-34,36-37,39-40,42-43,45-46,58,60,66,68,73-74,78H,6-7,9,11-13,15,17-19,21,23-25,27,29,32,35,38,41,44,47-57,59,61-65,67,69-72H2,1-5H3,(H-,76,79,80,81)/b10-8-,16-14-,22-20-,28-26-,31-30-,34-33-,37-36-,40-39-,43-42-,46-45-,60-58+,68-66+. The second-order valence-electron chi connectivity index (χ2n) is 23.8. The summed E-state index contributed by atoms with van der Waals surface area (Å²) in [5, 5.41) is 13.9. The molecule has 0 aromatic carbocycles. The maximum Gasteiger partial charge on any atom is 0.268 e. The van der Waals surface area contributed by atoms with Gasteiger partial charge in [-0.3, -0.25) is 9.36 Å². The molecule has 8 nitrogen and oxygen atoms in total. The Morgan fingerprint density at radius 3 is 1.11 bits per heavy atom. The predicted molar refractivity (Wildman–Crippen MR) is 366 cm³/mol. The first-order valence-corrected chi connectivity index (χ1v) is 35.7. The summed E-state index contributed by atoms with van der Waals surface area (Å²) >= 11 is 0. The van der Waals surface area contributed by atoms with Crippen molar-refractivity contribution < 1.29 is 32.9 Å². The van der Waals surface area contributed by atoms with Gasteiger partial charge < -0.3 is 28.8 Å². The minimum atomic E-state index is -4.62. The minimum absolute atomic E-state index is 0.0134. The molecule has 0 radical (unpaired) electrons. The lowest BCUT2D eigenvalue weighted by molar-refractivity contribution is -0.870. The van der Waals surface area contributed by atoms with Gasteiger partial charge in [-0.1, -0.05) is 301 Å². The Morgan fingerprint density at radius 2 is 0.738 bits per heavy atom. The third kappa shape index (κ3) is 65.9. The van der Waals surface area contributed by atoms with Crippen LogP contribution in [0, 0.1) is 0 Å². The molecule has 0 aromatic heterocycles. The van der Waals surface area contributed by atoms with Crippen LogP contribution in [0.1, 0.15) is 271 Å². The summed E-state index contributed by atoms with van der Waals surface area (Å²) in [5.41, 5.74) is 0. The highest BCUT2D eigenvalue weighted by Gasteiger charge is 2.23. The number of hydrogen-bond acceptors (Lipinski definition) is 6. The third-order valence-corrected chi connectivity index (χ3v) is 15.5. The van der Waals surface area contributed by atoms with E-state index in [2.05, 4.69) is 153 Å². The maximum absolute atomic E-state index is 13.0. The minimum Gasteiger partial charge on any atom is -0.756 e. The molecule has 0 fully saturated rings. The molecule has 0 aliphatic carbocycles. The van der Waals surface area contributed by atoms with E-state index in [1.165, 1.54) is 135 Å². The van der Waals surface area contributed by atoms with E-state index in [1.807, 2.05) is 27.2 Å². The Kier molecular flexibility index (Phi) is 61.1. The summed E-state index contributed by atoms with van der Waals surface area (Å²) in [6.45, 7) is 4.52. The predicted octanol–water partition coefficient (Wildman–Crippen LogP) is 21.4. The lowest BCUT2D eigenvalue weighted by Gasteiger charge is -2.29. The molecule has 2 N–H and O–H groups in total. The monoisotopic (exact) mass is 1180 g/mol. The van der Waals surface area contributed by atoms with Crippen molar-refractivity contribution in [3.63, 3.8) is 0 Å². The number of aliphatic hydroxyl groups excluding tert-OH is 1. The van der Waals surface area contributed by atoms with Crippen LogP contribution in [0.3, 0.4) is 0 Å². The largest absolute Gasteiger partial charge is 0.756 e. The molecule has 0 rings (SSSR count). The van der Waals surface area contributed by atoms with Gasteiger partial charge in [-0.15, -0.1) is 0 Å². The normalized spacial score (nSPS) is 14.6. The molecule has 0 heterocycles. The molecule has 0 saturated carbocycles. The average Bonchev–Trinajstić information content (AvgIpc) is 3.56. The van der Waals surface area contributed by atoms with Crippen molar-refractivity contribution in [3.05, 3.63) is 146 Å². The quantitative estimate of drug-likeness (QED) is 0.0272. The highest BCUT2D eigenvalue weighted by Crippen LogP contribution is 2.38. The fourth-order valence-electron chi connectivity index (χ4n) is 9.26. The van der Waals surface area contributed by atoms with E-state index in [1.54, 1.807) is 6.08 Å². The van der Waals surface area contributed by atoms with Crippen molar-refractivity contribution >= 4 is 13.7 Å². The molecule has 9 heteroatoms. The highest BCUT2D eigenvalue weighted by molar-refractivity contribution is 7.45. The van der Waals surface area contributed by atoms with E-state index >= 15 is 0 Å². The zero-order chi connectivity index (χ0) is 61.2. The number of carbonyl (C=O) groups is 1. The van der Waals surface area contributed by atoms with E-state index in [0.717, 1.165) is 116 Å². The van der Waals surface area contributed by atoms with Gasteiger partial charge in [0.2, 0.25) is 5.91 Å². The lowest BCUT2D eigenvalue weighted by Crippen LogP contribution is -2.45. The van der Waals surface area contributed by atoms with Crippen LogP contribution in [0.2, 0.25) is 0 Å². The molecule has 0 saturated heterocycles. The van der Waals surface area contributed by atoms with Crippen LogP contribution in [-0.4, -0.2) is 68.5 Å². The summed E-state index contributed by atoms with van der Waals surface area (Å²) in [4.78, 5) is 25.6. The number of nitrogens with zero attached hydrogens (tertiary/aromatic N) is 1. The van der Waals surface area contributed by atoms with Crippen LogP contribution in [-0.2, 0) is 18.4 Å². The summed E-state index contributed by atoms with van der Waals surface area (Å²) in [7, 11) is 1.23. The smallest absolute Gasteiger partial charge is 0.268 e. The van der Waals surface area contributed by atoms with E-state index in [9.17, 15) is 19.4 Å². The van der Waals surface area contributed by atoms with Crippen LogP contribution in [0.5, 0.6) is 0 Å².